The highest BCUT2D eigenvalue weighted by Crippen LogP contribution is 2.38. The molecule has 0 spiro atoms. The fraction of sp³-hybridized carbons (Fsp3) is 0.308. The summed E-state index contributed by atoms with van der Waals surface area (Å²) in [5, 5.41) is 6.45. The summed E-state index contributed by atoms with van der Waals surface area (Å²) in [5.74, 6) is -1.82. The number of benzene rings is 1. The number of anilines is 1. The molecule has 3 aromatic rings. The number of H-pyrrole nitrogens is 1. The minimum absolute atomic E-state index is 0.233. The van der Waals surface area contributed by atoms with E-state index in [0.29, 0.717) is 40.0 Å². The van der Waals surface area contributed by atoms with E-state index in [2.05, 4.69) is 15.6 Å². The summed E-state index contributed by atoms with van der Waals surface area (Å²) in [6.07, 6.45) is 3.60. The van der Waals surface area contributed by atoms with Crippen molar-refractivity contribution in [1.29, 1.82) is 0 Å². The second-order valence-electron chi connectivity index (χ2n) is 8.41. The van der Waals surface area contributed by atoms with Crippen LogP contribution in [0.2, 0.25) is 5.02 Å². The quantitative estimate of drug-likeness (QED) is 0.278. The molecule has 37 heavy (non-hydrogen) atoms. The third kappa shape index (κ3) is 6.46. The number of ether oxygens (including phenoxy) is 2. The number of halogens is 1. The number of carbonyl (C=O) groups is 3. The first-order chi connectivity index (χ1) is 17.9. The molecule has 0 fully saturated rings. The van der Waals surface area contributed by atoms with Gasteiger partial charge in [-0.25, -0.2) is 4.79 Å². The minimum Gasteiger partial charge on any atom is -0.452 e. The maximum absolute atomic E-state index is 12.8. The number of nitrogens with one attached hydrogen (secondary N) is 3. The Hall–Kier alpha value is -3.47. The number of rotatable bonds is 9. The van der Waals surface area contributed by atoms with Crippen LogP contribution in [0.3, 0.4) is 0 Å². The van der Waals surface area contributed by atoms with Gasteiger partial charge < -0.3 is 25.1 Å². The molecule has 2 aromatic heterocycles. The first kappa shape index (κ1) is 26.6. The Morgan fingerprint density at radius 3 is 2.70 bits per heavy atom. The van der Waals surface area contributed by atoms with Gasteiger partial charge in [-0.05, 0) is 61.1 Å². The fourth-order valence-corrected chi connectivity index (χ4v) is 5.57. The molecular weight excluding hydrogens is 518 g/mol. The van der Waals surface area contributed by atoms with Crippen molar-refractivity contribution >= 4 is 45.7 Å². The molecule has 1 aliphatic rings. The van der Waals surface area contributed by atoms with Gasteiger partial charge in [0.2, 0.25) is 0 Å². The van der Waals surface area contributed by atoms with E-state index in [4.69, 9.17) is 21.1 Å². The van der Waals surface area contributed by atoms with Gasteiger partial charge in [-0.3, -0.25) is 14.4 Å². The van der Waals surface area contributed by atoms with Crippen LogP contribution in [-0.4, -0.2) is 49.6 Å². The van der Waals surface area contributed by atoms with Crippen molar-refractivity contribution in [1.82, 2.24) is 10.3 Å². The number of aromatic amines is 1. The van der Waals surface area contributed by atoms with Crippen LogP contribution in [0.5, 0.6) is 0 Å². The van der Waals surface area contributed by atoms with Crippen LogP contribution in [-0.2, 0) is 27.1 Å². The molecule has 4 rings (SSSR count). The second kappa shape index (κ2) is 12.2. The standard InChI is InChI=1S/C26H26ClN3O6S/c1-35-12-11-28-24(33)22-17-7-2-3-8-20(17)37-25(22)30-21(31)14-36-26(34)18-9-10-19(29-23(18)32)15-5-4-6-16(27)13-15/h4-6,9-10,13H,2-3,7-8,11-12,14H2,1H3,(H,28,33)(H,29,32)(H,30,31). The Morgan fingerprint density at radius 2 is 1.95 bits per heavy atom. The van der Waals surface area contributed by atoms with Crippen LogP contribution in [0.4, 0.5) is 5.00 Å². The average molecular weight is 544 g/mol. The summed E-state index contributed by atoms with van der Waals surface area (Å²) < 4.78 is 10.1. The second-order valence-corrected chi connectivity index (χ2v) is 9.95. The monoisotopic (exact) mass is 543 g/mol. The maximum Gasteiger partial charge on any atom is 0.344 e. The maximum atomic E-state index is 12.8. The molecule has 194 valence electrons. The van der Waals surface area contributed by atoms with Gasteiger partial charge in [-0.1, -0.05) is 23.7 Å². The molecule has 3 N–H and O–H groups in total. The van der Waals surface area contributed by atoms with E-state index in [1.54, 1.807) is 37.4 Å². The molecule has 2 amide bonds. The van der Waals surface area contributed by atoms with Gasteiger partial charge in [-0.2, -0.15) is 0 Å². The zero-order chi connectivity index (χ0) is 26.4. The highest BCUT2D eigenvalue weighted by atomic mass is 35.5. The largest absolute Gasteiger partial charge is 0.452 e. The molecule has 9 nitrogen and oxygen atoms in total. The SMILES string of the molecule is COCCNC(=O)c1c(NC(=O)COC(=O)c2ccc(-c3cccc(Cl)c3)[nH]c2=O)sc2c1CCCC2. The number of pyridine rings is 1. The van der Waals surface area contributed by atoms with Gasteiger partial charge in [0.05, 0.1) is 12.2 Å². The highest BCUT2D eigenvalue weighted by Gasteiger charge is 2.26. The summed E-state index contributed by atoms with van der Waals surface area (Å²) in [7, 11) is 1.55. The Kier molecular flexibility index (Phi) is 8.75. The number of hydrogen-bond acceptors (Lipinski definition) is 7. The first-order valence-corrected chi connectivity index (χ1v) is 12.9. The van der Waals surface area contributed by atoms with Gasteiger partial charge in [0.25, 0.3) is 17.4 Å². The fourth-order valence-electron chi connectivity index (χ4n) is 4.08. The molecular formula is C26H26ClN3O6S. The summed E-state index contributed by atoms with van der Waals surface area (Å²) in [4.78, 5) is 54.1. The average Bonchev–Trinajstić information content (AvgIpc) is 3.25. The van der Waals surface area contributed by atoms with Gasteiger partial charge >= 0.3 is 5.97 Å². The number of esters is 1. The molecule has 0 aliphatic heterocycles. The topological polar surface area (TPSA) is 127 Å². The van der Waals surface area contributed by atoms with E-state index < -0.39 is 24.0 Å². The van der Waals surface area contributed by atoms with E-state index in [1.807, 2.05) is 0 Å². The van der Waals surface area contributed by atoms with Crippen molar-refractivity contribution < 1.29 is 23.9 Å². The lowest BCUT2D eigenvalue weighted by Crippen LogP contribution is -2.29. The van der Waals surface area contributed by atoms with Gasteiger partial charge in [0, 0.05) is 29.2 Å². The van der Waals surface area contributed by atoms with Crippen molar-refractivity contribution in [3.8, 4) is 11.3 Å². The number of carbonyl (C=O) groups excluding carboxylic acids is 3. The minimum atomic E-state index is -0.933. The predicted molar refractivity (Wildman–Crippen MR) is 142 cm³/mol. The van der Waals surface area contributed by atoms with E-state index in [0.717, 1.165) is 36.1 Å². The highest BCUT2D eigenvalue weighted by molar-refractivity contribution is 7.17. The normalized spacial score (nSPS) is 12.5. The van der Waals surface area contributed by atoms with Gasteiger partial charge in [-0.15, -0.1) is 11.3 Å². The summed E-state index contributed by atoms with van der Waals surface area (Å²) >= 11 is 7.36. The van der Waals surface area contributed by atoms with Crippen molar-refractivity contribution in [2.24, 2.45) is 0 Å². The Labute approximate surface area is 222 Å². The van der Waals surface area contributed by atoms with E-state index in [9.17, 15) is 19.2 Å². The number of fused-ring (bicyclic) bond motifs is 1. The molecule has 0 atom stereocenters. The lowest BCUT2D eigenvalue weighted by Gasteiger charge is -2.13. The van der Waals surface area contributed by atoms with Crippen LogP contribution in [0.15, 0.2) is 41.2 Å². The number of amides is 2. The van der Waals surface area contributed by atoms with Crippen LogP contribution in [0.25, 0.3) is 11.3 Å². The number of methoxy groups -OCH3 is 1. The Bertz CT molecular complexity index is 1380. The van der Waals surface area contributed by atoms with Crippen molar-refractivity contribution in [3.63, 3.8) is 0 Å². The lowest BCUT2D eigenvalue weighted by atomic mass is 9.95. The molecule has 0 saturated heterocycles. The predicted octanol–water partition coefficient (Wildman–Crippen LogP) is 3.81. The number of aryl methyl sites for hydroxylation is 1. The van der Waals surface area contributed by atoms with E-state index in [1.165, 1.54) is 17.4 Å². The molecule has 2 heterocycles. The molecule has 1 aliphatic carbocycles. The zero-order valence-corrected chi connectivity index (χ0v) is 21.7. The summed E-state index contributed by atoms with van der Waals surface area (Å²) in [6, 6.07) is 9.81. The Morgan fingerprint density at radius 1 is 1.14 bits per heavy atom. The van der Waals surface area contributed by atoms with Gasteiger partial charge in [0.15, 0.2) is 6.61 Å². The molecule has 0 unspecified atom stereocenters. The molecule has 0 saturated carbocycles. The third-order valence-corrected chi connectivity index (χ3v) is 7.28. The van der Waals surface area contributed by atoms with Crippen molar-refractivity contribution in [2.45, 2.75) is 25.7 Å². The number of thiophene rings is 1. The molecule has 0 radical (unpaired) electrons. The van der Waals surface area contributed by atoms with Crippen LogP contribution in [0, 0.1) is 0 Å². The van der Waals surface area contributed by atoms with Crippen molar-refractivity contribution in [3.05, 3.63) is 73.3 Å². The van der Waals surface area contributed by atoms with Crippen LogP contribution >= 0.6 is 22.9 Å². The van der Waals surface area contributed by atoms with Crippen molar-refractivity contribution in [2.75, 3.05) is 32.2 Å². The third-order valence-electron chi connectivity index (χ3n) is 5.84. The Balaban J connectivity index is 1.42. The van der Waals surface area contributed by atoms with Crippen LogP contribution < -0.4 is 16.2 Å². The summed E-state index contributed by atoms with van der Waals surface area (Å²) in [6.45, 7) is 0.103. The van der Waals surface area contributed by atoms with Gasteiger partial charge in [0.1, 0.15) is 10.6 Å². The zero-order valence-electron chi connectivity index (χ0n) is 20.1. The molecule has 0 bridgehead atoms. The molecule has 1 aromatic carbocycles. The van der Waals surface area contributed by atoms with E-state index >= 15 is 0 Å². The van der Waals surface area contributed by atoms with Crippen LogP contribution in [0.1, 0.15) is 44.0 Å². The molecule has 11 heteroatoms. The smallest absolute Gasteiger partial charge is 0.344 e. The number of hydrogen-bond donors (Lipinski definition) is 3. The van der Waals surface area contributed by atoms with E-state index in [-0.39, 0.29) is 11.5 Å². The summed E-state index contributed by atoms with van der Waals surface area (Å²) in [5.41, 5.74) is 1.69. The number of aromatic nitrogens is 1. The first-order valence-electron chi connectivity index (χ1n) is 11.7. The lowest BCUT2D eigenvalue weighted by molar-refractivity contribution is -0.119.